The molecule has 4 N–H and O–H groups in total. The third-order valence-electron chi connectivity index (χ3n) is 3.20. The molecule has 2 aromatic heterocycles. The van der Waals surface area contributed by atoms with E-state index >= 15 is 0 Å². The van der Waals surface area contributed by atoms with Crippen LogP contribution in [0, 0.1) is 0 Å². The van der Waals surface area contributed by atoms with Crippen molar-refractivity contribution in [3.8, 4) is 11.4 Å². The topological polar surface area (TPSA) is 105 Å². The molecule has 3 rings (SSSR count). The van der Waals surface area contributed by atoms with Gasteiger partial charge in [-0.05, 0) is 25.0 Å². The molecule has 1 aliphatic carbocycles. The minimum Gasteiger partial charge on any atom is -0.370 e. The van der Waals surface area contributed by atoms with Gasteiger partial charge in [0.1, 0.15) is 5.69 Å². The maximum absolute atomic E-state index is 11.0. The Balaban J connectivity index is 1.69. The average Bonchev–Trinajstić information content (AvgIpc) is 3.21. The highest BCUT2D eigenvalue weighted by molar-refractivity contribution is 7.14. The van der Waals surface area contributed by atoms with Crippen molar-refractivity contribution in [2.45, 2.75) is 32.4 Å². The molecule has 0 atom stereocenters. The van der Waals surface area contributed by atoms with Crippen molar-refractivity contribution in [3.05, 3.63) is 29.3 Å². The van der Waals surface area contributed by atoms with Gasteiger partial charge < -0.3 is 16.4 Å². The predicted octanol–water partition coefficient (Wildman–Crippen LogP) is 1.73. The van der Waals surface area contributed by atoms with Gasteiger partial charge in [-0.2, -0.15) is 0 Å². The molecule has 0 bridgehead atoms. The maximum atomic E-state index is 11.0. The van der Waals surface area contributed by atoms with E-state index in [1.54, 1.807) is 0 Å². The summed E-state index contributed by atoms with van der Waals surface area (Å²) in [4.78, 5) is 24.3. The number of nitrogens with zero attached hydrogens (tertiary/aromatic N) is 3. The Morgan fingerprint density at radius 3 is 2.96 bits per heavy atom. The normalized spacial score (nSPS) is 14.6. The van der Waals surface area contributed by atoms with E-state index in [2.05, 4.69) is 25.6 Å². The number of nitrogens with two attached hydrogens (primary N) is 1. The highest BCUT2D eigenvalue weighted by Gasteiger charge is 2.20. The van der Waals surface area contributed by atoms with Crippen molar-refractivity contribution in [2.24, 2.45) is 10.7 Å². The smallest absolute Gasteiger partial charge is 0.217 e. The molecule has 1 aliphatic rings. The van der Waals surface area contributed by atoms with Crippen LogP contribution in [-0.2, 0) is 11.3 Å². The van der Waals surface area contributed by atoms with E-state index in [0.29, 0.717) is 23.7 Å². The summed E-state index contributed by atoms with van der Waals surface area (Å²) in [5.74, 6) is 0.323. The van der Waals surface area contributed by atoms with E-state index in [0.717, 1.165) is 29.9 Å². The van der Waals surface area contributed by atoms with Gasteiger partial charge in [0.25, 0.3) is 0 Å². The fraction of sp³-hybridized carbons (Fsp3) is 0.333. The number of amides is 1. The van der Waals surface area contributed by atoms with Gasteiger partial charge in [0, 0.05) is 12.3 Å². The van der Waals surface area contributed by atoms with Crippen LogP contribution in [0.15, 0.2) is 28.6 Å². The van der Waals surface area contributed by atoms with Gasteiger partial charge in [-0.25, -0.2) is 15.0 Å². The van der Waals surface area contributed by atoms with E-state index in [-0.39, 0.29) is 5.91 Å². The number of guanidine groups is 1. The highest BCUT2D eigenvalue weighted by Crippen LogP contribution is 2.25. The van der Waals surface area contributed by atoms with Crippen LogP contribution in [0.5, 0.6) is 0 Å². The van der Waals surface area contributed by atoms with Crippen molar-refractivity contribution in [1.29, 1.82) is 0 Å². The first-order chi connectivity index (χ1) is 11.1. The highest BCUT2D eigenvalue weighted by atomic mass is 32.1. The summed E-state index contributed by atoms with van der Waals surface area (Å²) in [7, 11) is 0. The van der Waals surface area contributed by atoms with Gasteiger partial charge >= 0.3 is 0 Å². The monoisotopic (exact) mass is 330 g/mol. The molecular formula is C15H18N6OS. The first-order valence-corrected chi connectivity index (χ1v) is 8.24. The van der Waals surface area contributed by atoms with Crippen molar-refractivity contribution >= 4 is 28.3 Å². The Morgan fingerprint density at radius 1 is 1.39 bits per heavy atom. The Morgan fingerprint density at radius 2 is 2.22 bits per heavy atom. The molecule has 2 aromatic rings. The van der Waals surface area contributed by atoms with Gasteiger partial charge in [0.15, 0.2) is 11.1 Å². The number of aromatic nitrogens is 2. The first-order valence-electron chi connectivity index (χ1n) is 7.37. The summed E-state index contributed by atoms with van der Waals surface area (Å²) in [5.41, 5.74) is 8.15. The van der Waals surface area contributed by atoms with Crippen LogP contribution in [0.25, 0.3) is 11.4 Å². The Bertz CT molecular complexity index is 737. The quantitative estimate of drug-likeness (QED) is 0.572. The molecule has 1 fully saturated rings. The number of carbonyl (C=O) groups is 1. The molecule has 0 aliphatic heterocycles. The molecule has 0 unspecified atom stereocenters. The fourth-order valence-electron chi connectivity index (χ4n) is 1.93. The van der Waals surface area contributed by atoms with Crippen LogP contribution >= 0.6 is 11.3 Å². The van der Waals surface area contributed by atoms with Crippen molar-refractivity contribution in [1.82, 2.24) is 15.3 Å². The molecule has 23 heavy (non-hydrogen) atoms. The van der Waals surface area contributed by atoms with Gasteiger partial charge in [0.2, 0.25) is 5.91 Å². The number of thiazole rings is 1. The summed E-state index contributed by atoms with van der Waals surface area (Å²) in [6.45, 7) is 1.88. The molecule has 1 amide bonds. The Kier molecular flexibility index (Phi) is 4.52. The van der Waals surface area contributed by atoms with E-state index in [4.69, 9.17) is 5.73 Å². The van der Waals surface area contributed by atoms with Gasteiger partial charge in [-0.3, -0.25) is 4.79 Å². The van der Waals surface area contributed by atoms with Gasteiger partial charge in [-0.15, -0.1) is 11.3 Å². The zero-order valence-electron chi connectivity index (χ0n) is 12.7. The molecule has 0 radical (unpaired) electrons. The molecule has 0 aromatic carbocycles. The first kappa shape index (κ1) is 15.4. The van der Waals surface area contributed by atoms with Crippen molar-refractivity contribution < 1.29 is 4.79 Å². The average molecular weight is 330 g/mol. The maximum Gasteiger partial charge on any atom is 0.217 e. The van der Waals surface area contributed by atoms with Crippen LogP contribution in [0.3, 0.4) is 0 Å². The number of anilines is 1. The Hall–Kier alpha value is -2.48. The second-order valence-corrected chi connectivity index (χ2v) is 6.19. The van der Waals surface area contributed by atoms with E-state index in [1.807, 2.05) is 23.6 Å². The second kappa shape index (κ2) is 6.74. The number of rotatable bonds is 5. The van der Waals surface area contributed by atoms with E-state index in [9.17, 15) is 4.79 Å². The SMILES string of the molecule is CC(=O)NCc1cccc(-c2csc(NC(N)=NC3CC3)n2)n1. The molecule has 8 heteroatoms. The third kappa shape index (κ3) is 4.49. The fourth-order valence-corrected chi connectivity index (χ4v) is 2.64. The second-order valence-electron chi connectivity index (χ2n) is 5.33. The number of carbonyl (C=O) groups excluding carboxylic acids is 1. The summed E-state index contributed by atoms with van der Waals surface area (Å²) in [6.07, 6.45) is 2.22. The molecular weight excluding hydrogens is 312 g/mol. The number of nitrogens with one attached hydrogen (secondary N) is 2. The summed E-state index contributed by atoms with van der Waals surface area (Å²) in [5, 5.41) is 8.35. The van der Waals surface area contributed by atoms with Crippen LogP contribution in [0.4, 0.5) is 5.13 Å². The lowest BCUT2D eigenvalue weighted by atomic mass is 10.2. The van der Waals surface area contributed by atoms with Crippen LogP contribution in [0.2, 0.25) is 0 Å². The molecule has 1 saturated carbocycles. The predicted molar refractivity (Wildman–Crippen MR) is 91.1 cm³/mol. The number of pyridine rings is 1. The van der Waals surface area contributed by atoms with Crippen molar-refractivity contribution in [3.63, 3.8) is 0 Å². The van der Waals surface area contributed by atoms with Gasteiger partial charge in [0.05, 0.1) is 24.0 Å². The molecule has 7 nitrogen and oxygen atoms in total. The van der Waals surface area contributed by atoms with Crippen molar-refractivity contribution in [2.75, 3.05) is 5.32 Å². The number of aliphatic imine (C=N–C) groups is 1. The minimum atomic E-state index is -0.0808. The van der Waals surface area contributed by atoms with E-state index in [1.165, 1.54) is 18.3 Å². The van der Waals surface area contributed by atoms with Gasteiger partial charge in [-0.1, -0.05) is 6.07 Å². The molecule has 120 valence electrons. The third-order valence-corrected chi connectivity index (χ3v) is 3.95. The summed E-state index contributed by atoms with van der Waals surface area (Å²) >= 11 is 1.45. The van der Waals surface area contributed by atoms with Crippen LogP contribution < -0.4 is 16.4 Å². The largest absolute Gasteiger partial charge is 0.370 e. The number of hydrogen-bond acceptors (Lipinski definition) is 5. The standard InChI is InChI=1S/C15H18N6OS/c1-9(22)17-7-11-3-2-4-12(18-11)13-8-23-15(20-13)21-14(16)19-10-5-6-10/h2-4,8,10H,5-7H2,1H3,(H,17,22)(H3,16,19,20,21). The van der Waals surface area contributed by atoms with Crippen LogP contribution in [0.1, 0.15) is 25.5 Å². The zero-order chi connectivity index (χ0) is 16.2. The lowest BCUT2D eigenvalue weighted by Gasteiger charge is -2.03. The number of hydrogen-bond donors (Lipinski definition) is 3. The Labute approximate surface area is 138 Å². The lowest BCUT2D eigenvalue weighted by molar-refractivity contribution is -0.119. The van der Waals surface area contributed by atoms with E-state index < -0.39 is 0 Å². The molecule has 0 spiro atoms. The summed E-state index contributed by atoms with van der Waals surface area (Å²) < 4.78 is 0. The molecule has 0 saturated heterocycles. The minimum absolute atomic E-state index is 0.0808. The lowest BCUT2D eigenvalue weighted by Crippen LogP contribution is -2.22. The van der Waals surface area contributed by atoms with Crippen LogP contribution in [-0.4, -0.2) is 27.9 Å². The molecule has 2 heterocycles. The summed E-state index contributed by atoms with van der Waals surface area (Å²) in [6, 6.07) is 6.02. The zero-order valence-corrected chi connectivity index (χ0v) is 13.6.